The lowest BCUT2D eigenvalue weighted by atomic mass is 10.2. The van der Waals surface area contributed by atoms with E-state index < -0.39 is 0 Å². The van der Waals surface area contributed by atoms with Gasteiger partial charge in [0.1, 0.15) is 11.5 Å². The number of phenolic OH excluding ortho intramolecular Hbond substituents is 2. The van der Waals surface area contributed by atoms with Crippen molar-refractivity contribution in [2.24, 2.45) is 0 Å². The van der Waals surface area contributed by atoms with Crippen molar-refractivity contribution < 1.29 is 15.0 Å². The third kappa shape index (κ3) is 1.25. The second-order valence-corrected chi connectivity index (χ2v) is 1.84. The third-order valence-corrected chi connectivity index (χ3v) is 1.02. The summed E-state index contributed by atoms with van der Waals surface area (Å²) in [4.78, 5) is 9.96. The average molecular weight is 137 g/mol. The molecule has 0 aromatic heterocycles. The number of aromatic hydroxyl groups is 2. The van der Waals surface area contributed by atoms with Crippen LogP contribution in [-0.4, -0.2) is 16.5 Å². The van der Waals surface area contributed by atoms with Crippen LogP contribution < -0.4 is 0 Å². The fourth-order valence-electron chi connectivity index (χ4n) is 0.654. The number of phenols is 2. The minimum Gasteiger partial charge on any atom is -0.508 e. The van der Waals surface area contributed by atoms with Gasteiger partial charge in [-0.25, -0.2) is 0 Å². The van der Waals surface area contributed by atoms with Crippen LogP contribution >= 0.6 is 0 Å². The number of benzene rings is 1. The van der Waals surface area contributed by atoms with E-state index in [4.69, 9.17) is 10.2 Å². The molecule has 2 N–H and O–H groups in total. The van der Waals surface area contributed by atoms with Crippen LogP contribution in [0.15, 0.2) is 18.2 Å². The second-order valence-electron chi connectivity index (χ2n) is 1.84. The van der Waals surface area contributed by atoms with E-state index in [0.717, 1.165) is 6.07 Å². The van der Waals surface area contributed by atoms with E-state index >= 15 is 0 Å². The molecule has 51 valence electrons. The van der Waals surface area contributed by atoms with Gasteiger partial charge in [-0.15, -0.1) is 0 Å². The highest BCUT2D eigenvalue weighted by atomic mass is 16.3. The minimum absolute atomic E-state index is 0.137. The van der Waals surface area contributed by atoms with Gasteiger partial charge in [0.25, 0.3) is 0 Å². The van der Waals surface area contributed by atoms with E-state index in [2.05, 4.69) is 0 Å². The first-order valence-electron chi connectivity index (χ1n) is 2.63. The molecular formula is C7H5O3. The molecule has 0 atom stereocenters. The van der Waals surface area contributed by atoms with Crippen LogP contribution in [0.4, 0.5) is 0 Å². The first-order chi connectivity index (χ1) is 4.72. The number of rotatable bonds is 1. The summed E-state index contributed by atoms with van der Waals surface area (Å²) in [5.41, 5.74) is 0.137. The standard InChI is InChI=1S/C7H5O3/c8-4-5-1-6(9)3-7(10)2-5/h1-3,9-10H. The topological polar surface area (TPSA) is 57.5 Å². The van der Waals surface area contributed by atoms with Crippen LogP contribution in [0.1, 0.15) is 5.56 Å². The van der Waals surface area contributed by atoms with Crippen molar-refractivity contribution in [1.29, 1.82) is 0 Å². The summed E-state index contributed by atoms with van der Waals surface area (Å²) in [5.74, 6) is -0.281. The summed E-state index contributed by atoms with van der Waals surface area (Å²) in [7, 11) is 0. The van der Waals surface area contributed by atoms with E-state index in [9.17, 15) is 4.79 Å². The number of hydrogen-bond acceptors (Lipinski definition) is 3. The molecule has 0 unspecified atom stereocenters. The van der Waals surface area contributed by atoms with E-state index in [1.165, 1.54) is 18.4 Å². The van der Waals surface area contributed by atoms with Gasteiger partial charge in [-0.05, 0) is 12.1 Å². The summed E-state index contributed by atoms with van der Waals surface area (Å²) >= 11 is 0. The molecule has 0 spiro atoms. The van der Waals surface area contributed by atoms with E-state index in [0.29, 0.717) is 0 Å². The molecule has 0 fully saturated rings. The lowest BCUT2D eigenvalue weighted by molar-refractivity contribution is 0.450. The Labute approximate surface area is 57.5 Å². The molecular weight excluding hydrogens is 132 g/mol. The maximum absolute atomic E-state index is 9.96. The van der Waals surface area contributed by atoms with Crippen molar-refractivity contribution in [2.45, 2.75) is 0 Å². The Morgan fingerprint density at radius 3 is 2.00 bits per heavy atom. The van der Waals surface area contributed by atoms with Crippen molar-refractivity contribution in [3.63, 3.8) is 0 Å². The monoisotopic (exact) mass is 137 g/mol. The molecule has 10 heavy (non-hydrogen) atoms. The molecule has 0 aliphatic rings. The molecule has 1 aromatic rings. The summed E-state index contributed by atoms with van der Waals surface area (Å²) in [6, 6.07) is 3.57. The predicted molar refractivity (Wildman–Crippen MR) is 34.6 cm³/mol. The van der Waals surface area contributed by atoms with Gasteiger partial charge in [0.05, 0.1) is 0 Å². The van der Waals surface area contributed by atoms with E-state index in [-0.39, 0.29) is 17.1 Å². The van der Waals surface area contributed by atoms with Crippen LogP contribution in [0.5, 0.6) is 11.5 Å². The van der Waals surface area contributed by atoms with Crippen molar-refractivity contribution in [3.05, 3.63) is 23.8 Å². The maximum Gasteiger partial charge on any atom is 0.233 e. The Morgan fingerprint density at radius 1 is 1.10 bits per heavy atom. The van der Waals surface area contributed by atoms with Crippen LogP contribution in [0.3, 0.4) is 0 Å². The molecule has 1 rings (SSSR count). The smallest absolute Gasteiger partial charge is 0.233 e. The van der Waals surface area contributed by atoms with Gasteiger partial charge in [-0.3, -0.25) is 4.79 Å². The Balaban J connectivity index is 3.18. The summed E-state index contributed by atoms with van der Waals surface area (Å²) in [6.07, 6.45) is 1.54. The highest BCUT2D eigenvalue weighted by Crippen LogP contribution is 2.18. The van der Waals surface area contributed by atoms with Crippen LogP contribution in [0, 0.1) is 0 Å². The molecule has 0 amide bonds. The van der Waals surface area contributed by atoms with Crippen molar-refractivity contribution in [2.75, 3.05) is 0 Å². The third-order valence-electron chi connectivity index (χ3n) is 1.02. The SMILES string of the molecule is O=[C]c1cc(O)cc(O)c1. The summed E-state index contributed by atoms with van der Waals surface area (Å²) in [5, 5.41) is 17.6. The Morgan fingerprint density at radius 2 is 1.60 bits per heavy atom. The van der Waals surface area contributed by atoms with Crippen LogP contribution in [0.2, 0.25) is 0 Å². The van der Waals surface area contributed by atoms with Gasteiger partial charge in [-0.1, -0.05) is 0 Å². The van der Waals surface area contributed by atoms with Gasteiger partial charge in [0, 0.05) is 11.6 Å². The Hall–Kier alpha value is -1.51. The summed E-state index contributed by atoms with van der Waals surface area (Å²) < 4.78 is 0. The van der Waals surface area contributed by atoms with E-state index in [1.54, 1.807) is 0 Å². The Kier molecular flexibility index (Phi) is 1.58. The van der Waals surface area contributed by atoms with Gasteiger partial charge < -0.3 is 10.2 Å². The number of hydrogen-bond donors (Lipinski definition) is 2. The van der Waals surface area contributed by atoms with Crippen LogP contribution in [0.25, 0.3) is 0 Å². The summed E-state index contributed by atoms with van der Waals surface area (Å²) in [6.45, 7) is 0. The van der Waals surface area contributed by atoms with E-state index in [1.807, 2.05) is 0 Å². The molecule has 1 aromatic carbocycles. The largest absolute Gasteiger partial charge is 0.508 e. The minimum atomic E-state index is -0.140. The first kappa shape index (κ1) is 6.61. The molecule has 0 aliphatic heterocycles. The van der Waals surface area contributed by atoms with Crippen molar-refractivity contribution >= 4 is 6.29 Å². The van der Waals surface area contributed by atoms with Crippen molar-refractivity contribution in [3.8, 4) is 11.5 Å². The fourth-order valence-corrected chi connectivity index (χ4v) is 0.654. The predicted octanol–water partition coefficient (Wildman–Crippen LogP) is 0.556. The molecule has 1 radical (unpaired) electrons. The fraction of sp³-hybridized carbons (Fsp3) is 0. The molecule has 3 nitrogen and oxygen atoms in total. The molecule has 3 heteroatoms. The van der Waals surface area contributed by atoms with Gasteiger partial charge >= 0.3 is 0 Å². The first-order valence-corrected chi connectivity index (χ1v) is 2.63. The van der Waals surface area contributed by atoms with Gasteiger partial charge in [0.2, 0.25) is 6.29 Å². The molecule has 0 heterocycles. The quantitative estimate of drug-likeness (QED) is 0.594. The Bertz CT molecular complexity index is 235. The molecule has 0 aliphatic carbocycles. The van der Waals surface area contributed by atoms with Gasteiger partial charge in [-0.2, -0.15) is 0 Å². The normalized spacial score (nSPS) is 9.20. The lowest BCUT2D eigenvalue weighted by Crippen LogP contribution is -1.77. The lowest BCUT2D eigenvalue weighted by Gasteiger charge is -1.93. The van der Waals surface area contributed by atoms with Crippen LogP contribution in [-0.2, 0) is 4.79 Å². The zero-order chi connectivity index (χ0) is 7.56. The molecule has 0 saturated heterocycles. The van der Waals surface area contributed by atoms with Gasteiger partial charge in [0.15, 0.2) is 0 Å². The zero-order valence-corrected chi connectivity index (χ0v) is 5.03. The molecule has 0 saturated carbocycles. The highest BCUT2D eigenvalue weighted by molar-refractivity contribution is 5.76. The average Bonchev–Trinajstić information content (AvgIpc) is 1.85. The molecule has 0 bridgehead atoms. The highest BCUT2D eigenvalue weighted by Gasteiger charge is 1.96. The number of carbonyl (C=O) groups excluding carboxylic acids is 1. The van der Waals surface area contributed by atoms with Crippen molar-refractivity contribution in [1.82, 2.24) is 0 Å². The maximum atomic E-state index is 9.96. The second kappa shape index (κ2) is 2.39. The zero-order valence-electron chi connectivity index (χ0n) is 5.03.